The van der Waals surface area contributed by atoms with Gasteiger partial charge in [-0.3, -0.25) is 4.79 Å². The number of hydrogen-bond acceptors (Lipinski definition) is 6. The number of ketones is 1. The molecule has 0 aliphatic carbocycles. The SMILES string of the molecule is Cc1ccc(C(=O)[C@H](C)OC(=O)c2cc(S(=O)(=O)N(C)C)ccc2N2CCCC2)cc1. The molecule has 7 nitrogen and oxygen atoms in total. The third-order valence-electron chi connectivity index (χ3n) is 5.40. The van der Waals surface area contributed by atoms with Crippen LogP contribution in [0.4, 0.5) is 5.69 Å². The van der Waals surface area contributed by atoms with Crippen LogP contribution in [0.2, 0.25) is 0 Å². The zero-order valence-corrected chi connectivity index (χ0v) is 19.1. The van der Waals surface area contributed by atoms with Crippen LogP contribution in [0.5, 0.6) is 0 Å². The van der Waals surface area contributed by atoms with Gasteiger partial charge < -0.3 is 9.64 Å². The first-order chi connectivity index (χ1) is 14.6. The van der Waals surface area contributed by atoms with Gasteiger partial charge >= 0.3 is 5.97 Å². The van der Waals surface area contributed by atoms with E-state index in [4.69, 9.17) is 4.74 Å². The Bertz CT molecular complexity index is 1070. The molecule has 8 heteroatoms. The van der Waals surface area contributed by atoms with Gasteiger partial charge in [0.05, 0.1) is 16.1 Å². The van der Waals surface area contributed by atoms with Crippen molar-refractivity contribution in [3.05, 3.63) is 59.2 Å². The van der Waals surface area contributed by atoms with E-state index in [0.29, 0.717) is 11.3 Å². The molecule has 1 aliphatic rings. The number of aryl methyl sites for hydroxylation is 1. The van der Waals surface area contributed by atoms with Crippen molar-refractivity contribution in [2.45, 2.75) is 37.7 Å². The molecule has 0 N–H and O–H groups in total. The molecule has 0 saturated carbocycles. The molecule has 1 atom stereocenters. The molecule has 0 spiro atoms. The Balaban J connectivity index is 1.91. The first kappa shape index (κ1) is 23.0. The standard InChI is InChI=1S/C23H28N2O5S/c1-16-7-9-18(10-8-16)22(26)17(2)30-23(27)20-15-19(31(28,29)24(3)4)11-12-21(20)25-13-5-6-14-25/h7-12,15,17H,5-6,13-14H2,1-4H3/t17-/m0/s1. The first-order valence-electron chi connectivity index (χ1n) is 10.2. The summed E-state index contributed by atoms with van der Waals surface area (Å²) in [5, 5.41) is 0. The summed E-state index contributed by atoms with van der Waals surface area (Å²) in [5.41, 5.74) is 2.24. The number of hydrogen-bond donors (Lipinski definition) is 0. The lowest BCUT2D eigenvalue weighted by Crippen LogP contribution is -2.27. The van der Waals surface area contributed by atoms with Gasteiger partial charge in [-0.05, 0) is 44.9 Å². The van der Waals surface area contributed by atoms with Gasteiger partial charge in [-0.15, -0.1) is 0 Å². The highest BCUT2D eigenvalue weighted by Crippen LogP contribution is 2.29. The van der Waals surface area contributed by atoms with Crippen LogP contribution in [0.3, 0.4) is 0 Å². The predicted octanol–water partition coefficient (Wildman–Crippen LogP) is 3.27. The molecule has 0 amide bonds. The van der Waals surface area contributed by atoms with Crippen molar-refractivity contribution < 1.29 is 22.7 Å². The lowest BCUT2D eigenvalue weighted by molar-refractivity contribution is 0.0319. The topological polar surface area (TPSA) is 84.0 Å². The van der Waals surface area contributed by atoms with Crippen molar-refractivity contribution in [2.75, 3.05) is 32.1 Å². The summed E-state index contributed by atoms with van der Waals surface area (Å²) >= 11 is 0. The van der Waals surface area contributed by atoms with E-state index in [-0.39, 0.29) is 16.2 Å². The Hall–Kier alpha value is -2.71. The van der Waals surface area contributed by atoms with Crippen LogP contribution in [-0.2, 0) is 14.8 Å². The summed E-state index contributed by atoms with van der Waals surface area (Å²) in [6.07, 6.45) is 0.985. The van der Waals surface area contributed by atoms with Gasteiger partial charge in [0.25, 0.3) is 0 Å². The number of nitrogens with zero attached hydrogens (tertiary/aromatic N) is 2. The molecule has 166 valence electrons. The van der Waals surface area contributed by atoms with E-state index in [9.17, 15) is 18.0 Å². The molecule has 2 aromatic carbocycles. The molecule has 2 aromatic rings. The molecule has 0 bridgehead atoms. The lowest BCUT2D eigenvalue weighted by atomic mass is 10.1. The van der Waals surface area contributed by atoms with Gasteiger partial charge in [-0.2, -0.15) is 0 Å². The molecule has 0 radical (unpaired) electrons. The van der Waals surface area contributed by atoms with Crippen LogP contribution in [-0.4, -0.2) is 57.8 Å². The molecular formula is C23H28N2O5S. The zero-order chi connectivity index (χ0) is 22.8. The average molecular weight is 445 g/mol. The molecule has 1 heterocycles. The van der Waals surface area contributed by atoms with E-state index < -0.39 is 22.1 Å². The van der Waals surface area contributed by atoms with Crippen molar-refractivity contribution in [2.24, 2.45) is 0 Å². The average Bonchev–Trinajstić information content (AvgIpc) is 3.27. The van der Waals surface area contributed by atoms with E-state index in [1.807, 2.05) is 24.0 Å². The second-order valence-electron chi connectivity index (χ2n) is 7.94. The number of esters is 1. The number of Topliss-reactive ketones (excluding diaryl/α,β-unsaturated/α-hetero) is 1. The van der Waals surface area contributed by atoms with E-state index in [2.05, 4.69) is 0 Å². The maximum absolute atomic E-state index is 13.1. The summed E-state index contributed by atoms with van der Waals surface area (Å²) < 4.78 is 31.8. The third kappa shape index (κ3) is 4.97. The lowest BCUT2D eigenvalue weighted by Gasteiger charge is -2.23. The summed E-state index contributed by atoms with van der Waals surface area (Å²) in [7, 11) is -0.856. The second-order valence-corrected chi connectivity index (χ2v) is 10.1. The second kappa shape index (κ2) is 9.20. The molecule has 1 aliphatic heterocycles. The van der Waals surface area contributed by atoms with Crippen LogP contribution < -0.4 is 4.90 Å². The van der Waals surface area contributed by atoms with Gasteiger partial charge in [0, 0.05) is 32.7 Å². The molecule has 0 aromatic heterocycles. The van der Waals surface area contributed by atoms with Crippen molar-refractivity contribution in [3.8, 4) is 0 Å². The fourth-order valence-electron chi connectivity index (χ4n) is 3.51. The number of benzene rings is 2. The minimum Gasteiger partial charge on any atom is -0.451 e. The maximum atomic E-state index is 13.1. The van der Waals surface area contributed by atoms with E-state index in [1.54, 1.807) is 18.2 Å². The Kier molecular flexibility index (Phi) is 6.81. The van der Waals surface area contributed by atoms with Crippen LogP contribution >= 0.6 is 0 Å². The Morgan fingerprint density at radius 1 is 1.03 bits per heavy atom. The van der Waals surface area contributed by atoms with Gasteiger partial charge in [0.2, 0.25) is 15.8 Å². The smallest absolute Gasteiger partial charge is 0.341 e. The summed E-state index contributed by atoms with van der Waals surface area (Å²) in [6.45, 7) is 5.00. The van der Waals surface area contributed by atoms with Crippen molar-refractivity contribution in [1.82, 2.24) is 4.31 Å². The van der Waals surface area contributed by atoms with Gasteiger partial charge in [-0.25, -0.2) is 17.5 Å². The molecule has 1 saturated heterocycles. The first-order valence-corrected chi connectivity index (χ1v) is 11.7. The summed E-state index contributed by atoms with van der Waals surface area (Å²) in [6, 6.07) is 11.5. The molecule has 31 heavy (non-hydrogen) atoms. The maximum Gasteiger partial charge on any atom is 0.341 e. The quantitative estimate of drug-likeness (QED) is 0.481. The number of anilines is 1. The van der Waals surface area contributed by atoms with Crippen LogP contribution in [0.15, 0.2) is 47.4 Å². The van der Waals surface area contributed by atoms with Crippen LogP contribution in [0, 0.1) is 6.92 Å². The van der Waals surface area contributed by atoms with E-state index in [0.717, 1.165) is 35.8 Å². The number of rotatable bonds is 7. The minimum absolute atomic E-state index is 0.00455. The van der Waals surface area contributed by atoms with Gasteiger partial charge in [-0.1, -0.05) is 29.8 Å². The minimum atomic E-state index is -3.72. The largest absolute Gasteiger partial charge is 0.451 e. The summed E-state index contributed by atoms with van der Waals surface area (Å²) in [5.74, 6) is -1.03. The highest BCUT2D eigenvalue weighted by atomic mass is 32.2. The van der Waals surface area contributed by atoms with Crippen molar-refractivity contribution in [1.29, 1.82) is 0 Å². The molecule has 0 unspecified atom stereocenters. The van der Waals surface area contributed by atoms with E-state index in [1.165, 1.54) is 33.2 Å². The van der Waals surface area contributed by atoms with Gasteiger partial charge in [0.1, 0.15) is 0 Å². The highest BCUT2D eigenvalue weighted by Gasteiger charge is 2.27. The normalized spacial score (nSPS) is 15.2. The number of sulfonamides is 1. The molecular weight excluding hydrogens is 416 g/mol. The van der Waals surface area contributed by atoms with Crippen molar-refractivity contribution in [3.63, 3.8) is 0 Å². The van der Waals surface area contributed by atoms with E-state index >= 15 is 0 Å². The number of ether oxygens (including phenoxy) is 1. The number of carbonyl (C=O) groups is 2. The fraction of sp³-hybridized carbons (Fsp3) is 0.391. The Morgan fingerprint density at radius 2 is 1.65 bits per heavy atom. The number of carbonyl (C=O) groups excluding carboxylic acids is 2. The van der Waals surface area contributed by atoms with Crippen molar-refractivity contribution >= 4 is 27.5 Å². The molecule has 3 rings (SSSR count). The van der Waals surface area contributed by atoms with Crippen LogP contribution in [0.25, 0.3) is 0 Å². The third-order valence-corrected chi connectivity index (χ3v) is 7.21. The fourth-order valence-corrected chi connectivity index (χ4v) is 4.44. The Labute approximate surface area is 183 Å². The zero-order valence-electron chi connectivity index (χ0n) is 18.3. The predicted molar refractivity (Wildman–Crippen MR) is 119 cm³/mol. The highest BCUT2D eigenvalue weighted by molar-refractivity contribution is 7.89. The van der Waals surface area contributed by atoms with Crippen LogP contribution in [0.1, 0.15) is 46.0 Å². The Morgan fingerprint density at radius 3 is 2.23 bits per heavy atom. The van der Waals surface area contributed by atoms with Gasteiger partial charge in [0.15, 0.2) is 6.10 Å². The summed E-state index contributed by atoms with van der Waals surface area (Å²) in [4.78, 5) is 27.8. The monoisotopic (exact) mass is 444 g/mol. The molecule has 1 fully saturated rings.